The van der Waals surface area contributed by atoms with Crippen molar-refractivity contribution in [2.45, 2.75) is 129 Å². The van der Waals surface area contributed by atoms with E-state index in [0.29, 0.717) is 90.7 Å². The third-order valence-electron chi connectivity index (χ3n) is 24.9. The van der Waals surface area contributed by atoms with E-state index in [9.17, 15) is 57.5 Å². The molecule has 148 heavy (non-hydrogen) atoms. The Bertz CT molecular complexity index is 7490. The first-order chi connectivity index (χ1) is 71.5. The zero-order valence-corrected chi connectivity index (χ0v) is 86.2. The van der Waals surface area contributed by atoms with Crippen LogP contribution in [-0.4, -0.2) is 154 Å². The Balaban J connectivity index is 0.000000135. The number of aromatic nitrogens is 8. The second-order valence-electron chi connectivity index (χ2n) is 35.5. The number of nitrogens with one attached hydrogen (secondary N) is 4. The van der Waals surface area contributed by atoms with Crippen LogP contribution >= 0.6 is 91.8 Å². The Kier molecular flexibility index (Phi) is 33.5. The number of aryl methyl sites for hydroxylation is 4. The lowest BCUT2D eigenvalue weighted by molar-refractivity contribution is -0.123. The Morgan fingerprint density at radius 1 is 0.297 bits per heavy atom. The molecule has 20 rings (SSSR count). The first-order valence-electron chi connectivity index (χ1n) is 46.9. The molecule has 16 heterocycles. The third kappa shape index (κ3) is 25.6. The highest BCUT2D eigenvalue weighted by atomic mass is 35.5. The van der Waals surface area contributed by atoms with Gasteiger partial charge in [0.05, 0.1) is 86.0 Å². The minimum absolute atomic E-state index is 0.0343. The smallest absolute Gasteiger partial charge is 0.265 e. The summed E-state index contributed by atoms with van der Waals surface area (Å²) in [6.07, 6.45) is 15.3. The molecule has 0 spiro atoms. The molecular formula is C112H92Cl4N16O12S4. The number of carbonyl (C=O) groups is 12. The lowest BCUT2D eigenvalue weighted by atomic mass is 10.00. The monoisotopic (exact) mass is 2120 g/mol. The lowest BCUT2D eigenvalue weighted by Gasteiger charge is -2.29. The normalized spacial score (nSPS) is 15.3. The predicted octanol–water partition coefficient (Wildman–Crippen LogP) is 20.5. The Hall–Kier alpha value is -15.5. The van der Waals surface area contributed by atoms with Crippen LogP contribution in [0.3, 0.4) is 0 Å². The van der Waals surface area contributed by atoms with Crippen LogP contribution < -0.4 is 21.3 Å². The van der Waals surface area contributed by atoms with Gasteiger partial charge < -0.3 is 40.9 Å². The molecule has 4 aliphatic rings. The van der Waals surface area contributed by atoms with Crippen molar-refractivity contribution in [3.63, 3.8) is 0 Å². The van der Waals surface area contributed by atoms with E-state index < -0.39 is 24.2 Å². The van der Waals surface area contributed by atoms with Gasteiger partial charge in [-0.2, -0.15) is 0 Å². The molecule has 744 valence electrons. The summed E-state index contributed by atoms with van der Waals surface area (Å²) in [6, 6.07) is 63.0. The number of nitrogens with zero attached hydrogens (tertiary/aromatic N) is 12. The number of carbonyl (C=O) groups excluding carboxylic acids is 12. The highest BCUT2D eigenvalue weighted by molar-refractivity contribution is 7.14. The van der Waals surface area contributed by atoms with E-state index in [1.807, 2.05) is 159 Å². The Labute approximate surface area is 887 Å². The summed E-state index contributed by atoms with van der Waals surface area (Å²) in [5.41, 5.74) is 12.9. The quantitative estimate of drug-likeness (QED) is 0.0436. The summed E-state index contributed by atoms with van der Waals surface area (Å²) < 4.78 is 0. The van der Waals surface area contributed by atoms with Crippen LogP contribution in [0.5, 0.6) is 0 Å². The Morgan fingerprint density at radius 3 is 0.885 bits per heavy atom. The number of ketones is 4. The summed E-state index contributed by atoms with van der Waals surface area (Å²) in [7, 11) is 0. The number of Topliss-reactive ketones (excluding diaryl/α,β-unsaturated/α-hetero) is 4. The Morgan fingerprint density at radius 2 is 0.595 bits per heavy atom. The molecule has 0 fully saturated rings. The van der Waals surface area contributed by atoms with Gasteiger partial charge in [-0.1, -0.05) is 107 Å². The standard InChI is InChI=1S/4C28H23ClN4O3S/c1-17-12-19-14-24(34)23(15-20-6-2-4-10-30-20)33(28(36)26(19)37-17)16-18-8-9-21(22(29)13-18)27(35)32-25-7-3-5-11-31-25;1-17-5-8-25(31-15-17)32-27(35)21-7-6-18(12-22(21)29)16-33-23(14-20-4-2-3-10-30-20)24(34)13-19-9-11-37-26(19)28(33)36;2*1-17-7-10-31-25(12-17)32-27(35)21-6-5-18(13-22(21)29)16-33-23(15-20-4-2-3-9-30-20)24(34)14-19-8-11-37-26(19)28(33)36/h2-13,23H,14-16H2,1H3,(H,31,32,35);2-12,15,23H,13-14,16H2,1H3,(H,31,32,35);2*2-13,23H,14-16H2,1H3,(H,31,32,35). The van der Waals surface area contributed by atoms with Crippen molar-refractivity contribution >= 4 is 185 Å². The minimum Gasteiger partial charge on any atom is -0.323 e. The van der Waals surface area contributed by atoms with Gasteiger partial charge in [-0.15, -0.1) is 45.3 Å². The van der Waals surface area contributed by atoms with Gasteiger partial charge in [-0.3, -0.25) is 77.5 Å². The van der Waals surface area contributed by atoms with Gasteiger partial charge in [-0.05, 0) is 269 Å². The SMILES string of the molecule is Cc1cc2c(s1)C(=O)N(Cc1ccc(C(=O)Nc3ccccn3)c(Cl)c1)C(Cc1ccccn1)C(=O)C2.Cc1ccc(NC(=O)c2ccc(CN3C(=O)c4sccc4CC(=O)C3Cc3ccccn3)cc2Cl)nc1.Cc1ccnc(NC(=O)c2ccc(CN3C(=O)c4sccc4CC(=O)C3Cc3ccccn3)cc2Cl)c1.Cc1ccnc(NC(=O)c2ccc(CN3C(=O)c4sccc4CC(=O)C3Cc3ccccn3)cc2Cl)c1. The first kappa shape index (κ1) is 104. The van der Waals surface area contributed by atoms with Crippen LogP contribution in [0.2, 0.25) is 20.1 Å². The molecule has 4 aromatic carbocycles. The molecule has 12 aromatic heterocycles. The van der Waals surface area contributed by atoms with E-state index in [-0.39, 0.29) is 165 Å². The molecule has 4 N–H and O–H groups in total. The summed E-state index contributed by atoms with van der Waals surface area (Å²) >= 11 is 31.4. The second kappa shape index (κ2) is 47.8. The molecule has 36 heteroatoms. The fraction of sp³-hybridized carbons (Fsp3) is 0.179. The zero-order chi connectivity index (χ0) is 104. The van der Waals surface area contributed by atoms with Crippen molar-refractivity contribution in [1.29, 1.82) is 0 Å². The number of fused-ring (bicyclic) bond motifs is 4. The van der Waals surface area contributed by atoms with Crippen molar-refractivity contribution < 1.29 is 57.5 Å². The van der Waals surface area contributed by atoms with Crippen LogP contribution in [0.1, 0.15) is 169 Å². The molecular weight excluding hydrogens is 2030 g/mol. The maximum Gasteiger partial charge on any atom is 0.265 e. The summed E-state index contributed by atoms with van der Waals surface area (Å²) in [4.78, 5) is 203. The third-order valence-corrected chi connectivity index (χ3v) is 30.0. The van der Waals surface area contributed by atoms with Gasteiger partial charge in [0.2, 0.25) is 0 Å². The molecule has 0 aliphatic carbocycles. The van der Waals surface area contributed by atoms with E-state index >= 15 is 0 Å². The van der Waals surface area contributed by atoms with E-state index in [4.69, 9.17) is 46.4 Å². The van der Waals surface area contributed by atoms with Gasteiger partial charge >= 0.3 is 0 Å². The first-order valence-corrected chi connectivity index (χ1v) is 51.8. The van der Waals surface area contributed by atoms with Crippen LogP contribution in [0.15, 0.2) is 290 Å². The molecule has 28 nitrogen and oxygen atoms in total. The van der Waals surface area contributed by atoms with Crippen molar-refractivity contribution in [3.05, 3.63) is 441 Å². The molecule has 4 atom stereocenters. The molecule has 0 radical (unpaired) electrons. The van der Waals surface area contributed by atoms with E-state index in [2.05, 4.69) is 61.1 Å². The fourth-order valence-corrected chi connectivity index (χ4v) is 22.2. The minimum atomic E-state index is -0.673. The number of thiophene rings is 4. The average molecular weight is 2120 g/mol. The van der Waals surface area contributed by atoms with Gasteiger partial charge in [0.1, 0.15) is 23.3 Å². The van der Waals surface area contributed by atoms with Crippen LogP contribution in [0, 0.1) is 27.7 Å². The maximum absolute atomic E-state index is 13.7. The van der Waals surface area contributed by atoms with E-state index in [1.54, 1.807) is 178 Å². The van der Waals surface area contributed by atoms with Crippen molar-refractivity contribution in [2.75, 3.05) is 21.3 Å². The topological polar surface area (TPSA) is 369 Å². The number of hydrogen-bond acceptors (Lipinski definition) is 24. The molecule has 0 saturated heterocycles. The maximum atomic E-state index is 13.7. The summed E-state index contributed by atoms with van der Waals surface area (Å²) in [6.45, 7) is 8.34. The predicted molar refractivity (Wildman–Crippen MR) is 572 cm³/mol. The molecule has 4 unspecified atom stereocenters. The van der Waals surface area contributed by atoms with Gasteiger partial charge in [-0.25, -0.2) is 19.9 Å². The number of halogens is 4. The number of benzene rings is 4. The second-order valence-corrected chi connectivity index (χ2v) is 41.1. The van der Waals surface area contributed by atoms with Crippen LogP contribution in [-0.2, 0) is 96.7 Å². The van der Waals surface area contributed by atoms with Crippen LogP contribution in [0.25, 0.3) is 0 Å². The van der Waals surface area contributed by atoms with Gasteiger partial charge in [0, 0.05) is 155 Å². The molecule has 0 bridgehead atoms. The van der Waals surface area contributed by atoms with E-state index in [0.717, 1.165) is 66.6 Å². The lowest BCUT2D eigenvalue weighted by Crippen LogP contribution is -2.44. The highest BCUT2D eigenvalue weighted by Crippen LogP contribution is 2.37. The van der Waals surface area contributed by atoms with Gasteiger partial charge in [0.25, 0.3) is 47.3 Å². The largest absolute Gasteiger partial charge is 0.323 e. The van der Waals surface area contributed by atoms with Crippen LogP contribution in [0.4, 0.5) is 23.3 Å². The summed E-state index contributed by atoms with van der Waals surface area (Å²) in [5.74, 6) is -0.745. The fourth-order valence-electron chi connectivity index (χ4n) is 17.4. The number of hydrogen-bond donors (Lipinski definition) is 4. The number of amides is 8. The summed E-state index contributed by atoms with van der Waals surface area (Å²) in [5, 5.41) is 17.4. The number of pyridine rings is 8. The molecule has 4 aliphatic heterocycles. The van der Waals surface area contributed by atoms with E-state index in [1.165, 1.54) is 45.3 Å². The molecule has 8 amide bonds. The van der Waals surface area contributed by atoms with Crippen molar-refractivity contribution in [3.8, 4) is 0 Å². The zero-order valence-electron chi connectivity index (χ0n) is 79.9. The number of anilines is 4. The highest BCUT2D eigenvalue weighted by Gasteiger charge is 2.42. The number of rotatable bonds is 24. The molecule has 0 saturated carbocycles. The van der Waals surface area contributed by atoms with Gasteiger partial charge in [0.15, 0.2) is 23.1 Å². The van der Waals surface area contributed by atoms with Crippen molar-refractivity contribution in [1.82, 2.24) is 59.5 Å². The average Bonchev–Trinajstić information content (AvgIpc) is 1.64. The van der Waals surface area contributed by atoms with Crippen molar-refractivity contribution in [2.24, 2.45) is 0 Å². The molecule has 16 aromatic rings.